The molecule has 1 aliphatic rings. The van der Waals surface area contributed by atoms with E-state index in [0.29, 0.717) is 17.0 Å². The molecule has 8 nitrogen and oxygen atoms in total. The Morgan fingerprint density at radius 2 is 1.66 bits per heavy atom. The van der Waals surface area contributed by atoms with Crippen molar-refractivity contribution in [3.63, 3.8) is 0 Å². The lowest BCUT2D eigenvalue weighted by atomic mass is 9.98. The summed E-state index contributed by atoms with van der Waals surface area (Å²) >= 11 is 0. The van der Waals surface area contributed by atoms with Crippen LogP contribution in [0.1, 0.15) is 42.5 Å². The number of rotatable bonds is 7. The van der Waals surface area contributed by atoms with Crippen molar-refractivity contribution in [2.24, 2.45) is 0 Å². The van der Waals surface area contributed by atoms with E-state index in [1.54, 1.807) is 24.3 Å². The third kappa shape index (κ3) is 6.03. The molecule has 0 aromatic heterocycles. The van der Waals surface area contributed by atoms with Gasteiger partial charge in [-0.05, 0) is 62.1 Å². The van der Waals surface area contributed by atoms with Gasteiger partial charge >= 0.3 is 5.97 Å². The molecule has 152 valence electrons. The summed E-state index contributed by atoms with van der Waals surface area (Å²) in [6.45, 7) is -0.247. The normalized spacial score (nSPS) is 14.1. The summed E-state index contributed by atoms with van der Waals surface area (Å²) in [6.07, 6.45) is 5.18. The van der Waals surface area contributed by atoms with Gasteiger partial charge in [-0.1, -0.05) is 6.42 Å². The second-order valence-corrected chi connectivity index (χ2v) is 6.83. The molecule has 0 aliphatic heterocycles. The zero-order chi connectivity index (χ0) is 20.6. The highest BCUT2D eigenvalue weighted by molar-refractivity contribution is 5.93. The third-order valence-corrected chi connectivity index (χ3v) is 4.65. The molecule has 1 N–H and O–H groups in total. The van der Waals surface area contributed by atoms with E-state index in [4.69, 9.17) is 9.47 Å². The van der Waals surface area contributed by atoms with Crippen molar-refractivity contribution in [1.82, 2.24) is 0 Å². The number of hydrogen-bond acceptors (Lipinski definition) is 6. The quantitative estimate of drug-likeness (QED) is 0.427. The van der Waals surface area contributed by atoms with Crippen LogP contribution < -0.4 is 10.1 Å². The molecule has 0 atom stereocenters. The first kappa shape index (κ1) is 20.3. The summed E-state index contributed by atoms with van der Waals surface area (Å²) in [6, 6.07) is 11.9. The van der Waals surface area contributed by atoms with Crippen molar-refractivity contribution in [2.75, 3.05) is 11.9 Å². The number of nitrogens with zero attached hydrogens (tertiary/aromatic N) is 1. The monoisotopic (exact) mass is 398 g/mol. The van der Waals surface area contributed by atoms with Crippen molar-refractivity contribution >= 4 is 23.3 Å². The first-order chi connectivity index (χ1) is 14.0. The number of hydrogen-bond donors (Lipinski definition) is 1. The molecule has 0 heterocycles. The number of benzene rings is 2. The van der Waals surface area contributed by atoms with Crippen molar-refractivity contribution in [1.29, 1.82) is 0 Å². The second-order valence-electron chi connectivity index (χ2n) is 6.83. The van der Waals surface area contributed by atoms with Crippen LogP contribution in [0.2, 0.25) is 0 Å². The first-order valence-corrected chi connectivity index (χ1v) is 9.49. The molecular weight excluding hydrogens is 376 g/mol. The summed E-state index contributed by atoms with van der Waals surface area (Å²) in [7, 11) is 0. The predicted molar refractivity (Wildman–Crippen MR) is 106 cm³/mol. The number of nitrogens with one attached hydrogen (secondary N) is 1. The fourth-order valence-corrected chi connectivity index (χ4v) is 3.10. The van der Waals surface area contributed by atoms with Crippen molar-refractivity contribution < 1.29 is 24.0 Å². The van der Waals surface area contributed by atoms with Crippen LogP contribution in [-0.2, 0) is 9.53 Å². The minimum atomic E-state index is -0.509. The van der Waals surface area contributed by atoms with Crippen LogP contribution in [0.5, 0.6) is 5.75 Å². The van der Waals surface area contributed by atoms with Crippen LogP contribution in [-0.4, -0.2) is 29.5 Å². The van der Waals surface area contributed by atoms with Crippen LogP contribution in [0.15, 0.2) is 48.5 Å². The van der Waals surface area contributed by atoms with E-state index >= 15 is 0 Å². The Labute approximate surface area is 168 Å². The Balaban J connectivity index is 1.46. The van der Waals surface area contributed by atoms with E-state index in [0.717, 1.165) is 25.7 Å². The molecule has 1 aliphatic carbocycles. The summed E-state index contributed by atoms with van der Waals surface area (Å²) in [5.74, 6) is -0.385. The third-order valence-electron chi connectivity index (χ3n) is 4.65. The fraction of sp³-hybridized carbons (Fsp3) is 0.333. The van der Waals surface area contributed by atoms with Crippen molar-refractivity contribution in [3.8, 4) is 5.75 Å². The number of anilines is 1. The lowest BCUT2D eigenvalue weighted by Crippen LogP contribution is -2.21. The molecule has 0 bridgehead atoms. The number of esters is 1. The number of carbonyl (C=O) groups excluding carboxylic acids is 2. The zero-order valence-corrected chi connectivity index (χ0v) is 15.8. The Morgan fingerprint density at radius 3 is 2.28 bits per heavy atom. The molecule has 1 saturated carbocycles. The van der Waals surface area contributed by atoms with E-state index in [9.17, 15) is 19.7 Å². The fourth-order valence-electron chi connectivity index (χ4n) is 3.10. The van der Waals surface area contributed by atoms with Crippen LogP contribution in [0.25, 0.3) is 0 Å². The molecule has 0 radical (unpaired) electrons. The molecule has 3 rings (SSSR count). The average Bonchev–Trinajstić information content (AvgIpc) is 2.74. The largest absolute Gasteiger partial charge is 0.484 e. The van der Waals surface area contributed by atoms with Gasteiger partial charge < -0.3 is 14.8 Å². The summed E-state index contributed by atoms with van der Waals surface area (Å²) in [4.78, 5) is 34.3. The summed E-state index contributed by atoms with van der Waals surface area (Å²) in [5, 5.41) is 13.3. The summed E-state index contributed by atoms with van der Waals surface area (Å²) in [5.41, 5.74) is 0.913. The molecule has 0 saturated heterocycles. The van der Waals surface area contributed by atoms with Gasteiger partial charge in [0.15, 0.2) is 6.61 Å². The number of carbonyl (C=O) groups is 2. The molecule has 1 fully saturated rings. The van der Waals surface area contributed by atoms with Crippen molar-refractivity contribution in [3.05, 3.63) is 64.2 Å². The minimum absolute atomic E-state index is 0.00722. The van der Waals surface area contributed by atoms with Crippen LogP contribution in [0, 0.1) is 10.1 Å². The number of non-ortho nitro benzene ring substituents is 1. The summed E-state index contributed by atoms with van der Waals surface area (Å²) < 4.78 is 10.8. The number of nitro benzene ring substituents is 1. The van der Waals surface area contributed by atoms with Gasteiger partial charge in [0.05, 0.1) is 10.5 Å². The standard InChI is InChI=1S/C21H22N2O6/c24-20(14-28-18-12-10-17(11-13-18)23(26)27)22-16-8-6-15(7-9-16)21(25)29-19-4-2-1-3-5-19/h6-13,19H,1-5,14H2,(H,22,24). The highest BCUT2D eigenvalue weighted by Gasteiger charge is 2.18. The van der Waals surface area contributed by atoms with Gasteiger partial charge in [0.25, 0.3) is 11.6 Å². The highest BCUT2D eigenvalue weighted by atomic mass is 16.6. The Kier molecular flexibility index (Phi) is 6.78. The maximum absolute atomic E-state index is 12.2. The Hall–Kier alpha value is -3.42. The van der Waals surface area contributed by atoms with E-state index in [2.05, 4.69) is 5.32 Å². The van der Waals surface area contributed by atoms with Crippen LogP contribution >= 0.6 is 0 Å². The second kappa shape index (κ2) is 9.68. The zero-order valence-electron chi connectivity index (χ0n) is 15.8. The maximum atomic E-state index is 12.2. The van der Waals surface area contributed by atoms with Gasteiger partial charge in [0.1, 0.15) is 11.9 Å². The highest BCUT2D eigenvalue weighted by Crippen LogP contribution is 2.22. The first-order valence-electron chi connectivity index (χ1n) is 9.49. The number of ether oxygens (including phenoxy) is 2. The van der Waals surface area contributed by atoms with Crippen molar-refractivity contribution in [2.45, 2.75) is 38.2 Å². The molecular formula is C21H22N2O6. The van der Waals surface area contributed by atoms with Gasteiger partial charge in [-0.25, -0.2) is 4.79 Å². The average molecular weight is 398 g/mol. The van der Waals surface area contributed by atoms with Gasteiger partial charge in [0.2, 0.25) is 0 Å². The SMILES string of the molecule is O=C(COc1ccc([N+](=O)[O-])cc1)Nc1ccc(C(=O)OC2CCCCC2)cc1. The molecule has 2 aromatic carbocycles. The van der Waals surface area contributed by atoms with E-state index in [1.165, 1.54) is 30.7 Å². The lowest BCUT2D eigenvalue weighted by Gasteiger charge is -2.21. The molecule has 8 heteroatoms. The van der Waals surface area contributed by atoms with Crippen LogP contribution in [0.4, 0.5) is 11.4 Å². The number of nitro groups is 1. The molecule has 2 aromatic rings. The van der Waals surface area contributed by atoms with E-state index in [1.807, 2.05) is 0 Å². The maximum Gasteiger partial charge on any atom is 0.338 e. The van der Waals surface area contributed by atoms with E-state index in [-0.39, 0.29) is 30.3 Å². The van der Waals surface area contributed by atoms with Gasteiger partial charge in [-0.15, -0.1) is 0 Å². The number of amides is 1. The van der Waals surface area contributed by atoms with E-state index < -0.39 is 4.92 Å². The minimum Gasteiger partial charge on any atom is -0.484 e. The lowest BCUT2D eigenvalue weighted by molar-refractivity contribution is -0.384. The molecule has 0 unspecified atom stereocenters. The molecule has 0 spiro atoms. The Morgan fingerprint density at radius 1 is 1.00 bits per heavy atom. The van der Waals surface area contributed by atoms with Crippen LogP contribution in [0.3, 0.4) is 0 Å². The smallest absolute Gasteiger partial charge is 0.338 e. The topological polar surface area (TPSA) is 108 Å². The Bertz CT molecular complexity index is 858. The molecule has 1 amide bonds. The van der Waals surface area contributed by atoms with Gasteiger partial charge in [0, 0.05) is 17.8 Å². The molecule has 29 heavy (non-hydrogen) atoms. The van der Waals surface area contributed by atoms with Gasteiger partial charge in [-0.2, -0.15) is 0 Å². The predicted octanol–water partition coefficient (Wildman–Crippen LogP) is 4.10. The van der Waals surface area contributed by atoms with Gasteiger partial charge in [-0.3, -0.25) is 14.9 Å².